The van der Waals surface area contributed by atoms with Gasteiger partial charge in [-0.15, -0.1) is 0 Å². The molecular weight excluding hydrogens is 210 g/mol. The SMILES string of the molecule is CCCC(C)NC1CCCc2ccc(O)cc21. The minimum atomic E-state index is 0.389. The lowest BCUT2D eigenvalue weighted by Gasteiger charge is -2.29. The van der Waals surface area contributed by atoms with E-state index in [0.717, 1.165) is 6.42 Å². The number of phenols is 1. The lowest BCUT2D eigenvalue weighted by Crippen LogP contribution is -2.32. The average molecular weight is 233 g/mol. The normalized spacial score (nSPS) is 20.9. The van der Waals surface area contributed by atoms with Crippen molar-refractivity contribution in [1.29, 1.82) is 0 Å². The summed E-state index contributed by atoms with van der Waals surface area (Å²) in [5, 5.41) is 13.3. The van der Waals surface area contributed by atoms with Crippen molar-refractivity contribution >= 4 is 0 Å². The Morgan fingerprint density at radius 1 is 1.47 bits per heavy atom. The van der Waals surface area contributed by atoms with Gasteiger partial charge in [0.2, 0.25) is 0 Å². The van der Waals surface area contributed by atoms with Crippen LogP contribution in [0.1, 0.15) is 56.7 Å². The standard InChI is InChI=1S/C15H23NO/c1-3-5-11(2)16-15-7-4-6-12-8-9-13(17)10-14(12)15/h8-11,15-17H,3-7H2,1-2H3. The highest BCUT2D eigenvalue weighted by atomic mass is 16.3. The number of phenolic OH excluding ortho intramolecular Hbond substituents is 1. The van der Waals surface area contributed by atoms with Gasteiger partial charge in [0.1, 0.15) is 5.75 Å². The molecule has 2 nitrogen and oxygen atoms in total. The van der Waals surface area contributed by atoms with E-state index in [1.807, 2.05) is 6.07 Å². The third-order valence-corrected chi connectivity index (χ3v) is 3.65. The van der Waals surface area contributed by atoms with E-state index in [9.17, 15) is 5.11 Å². The van der Waals surface area contributed by atoms with Crippen molar-refractivity contribution in [2.75, 3.05) is 0 Å². The maximum Gasteiger partial charge on any atom is 0.115 e. The number of rotatable bonds is 4. The first-order chi connectivity index (χ1) is 8.20. The minimum absolute atomic E-state index is 0.389. The van der Waals surface area contributed by atoms with E-state index in [1.165, 1.54) is 36.8 Å². The number of nitrogens with one attached hydrogen (secondary N) is 1. The first-order valence-electron chi connectivity index (χ1n) is 6.78. The number of hydrogen-bond acceptors (Lipinski definition) is 2. The molecule has 0 heterocycles. The summed E-state index contributed by atoms with van der Waals surface area (Å²) >= 11 is 0. The predicted octanol–water partition coefficient (Wildman–Crippen LogP) is 3.55. The Hall–Kier alpha value is -1.02. The van der Waals surface area contributed by atoms with Gasteiger partial charge < -0.3 is 10.4 Å². The Morgan fingerprint density at radius 3 is 3.06 bits per heavy atom. The maximum atomic E-state index is 9.62. The third-order valence-electron chi connectivity index (χ3n) is 3.65. The van der Waals surface area contributed by atoms with Crippen molar-refractivity contribution in [3.63, 3.8) is 0 Å². The number of aromatic hydroxyl groups is 1. The number of hydrogen-bond donors (Lipinski definition) is 2. The molecule has 0 saturated carbocycles. The maximum absolute atomic E-state index is 9.62. The fraction of sp³-hybridized carbons (Fsp3) is 0.600. The second-order valence-electron chi connectivity index (χ2n) is 5.18. The molecule has 0 saturated heterocycles. The van der Waals surface area contributed by atoms with Crippen LogP contribution in [0.5, 0.6) is 5.75 Å². The molecule has 1 aromatic carbocycles. The molecular formula is C15H23NO. The molecule has 1 aliphatic carbocycles. The van der Waals surface area contributed by atoms with Crippen LogP contribution in [0.25, 0.3) is 0 Å². The van der Waals surface area contributed by atoms with Crippen LogP contribution in [-0.4, -0.2) is 11.1 Å². The summed E-state index contributed by atoms with van der Waals surface area (Å²) in [6.45, 7) is 4.47. The van der Waals surface area contributed by atoms with Gasteiger partial charge in [-0.2, -0.15) is 0 Å². The number of aryl methyl sites for hydroxylation is 1. The fourth-order valence-electron chi connectivity index (χ4n) is 2.82. The van der Waals surface area contributed by atoms with E-state index in [1.54, 1.807) is 6.07 Å². The van der Waals surface area contributed by atoms with Crippen LogP contribution >= 0.6 is 0 Å². The van der Waals surface area contributed by atoms with Crippen molar-refractivity contribution in [3.05, 3.63) is 29.3 Å². The molecule has 1 aliphatic rings. The van der Waals surface area contributed by atoms with Gasteiger partial charge in [-0.3, -0.25) is 0 Å². The van der Waals surface area contributed by atoms with E-state index in [2.05, 4.69) is 25.2 Å². The molecule has 2 rings (SSSR count). The predicted molar refractivity (Wildman–Crippen MR) is 71.3 cm³/mol. The quantitative estimate of drug-likeness (QED) is 0.833. The Bertz CT molecular complexity index is 375. The molecule has 2 heteroatoms. The molecule has 0 aliphatic heterocycles. The summed E-state index contributed by atoms with van der Waals surface area (Å²) in [7, 11) is 0. The summed E-state index contributed by atoms with van der Waals surface area (Å²) in [6.07, 6.45) is 6.01. The number of benzene rings is 1. The Kier molecular flexibility index (Phi) is 4.06. The molecule has 0 aromatic heterocycles. The second kappa shape index (κ2) is 5.54. The molecule has 0 fully saturated rings. The van der Waals surface area contributed by atoms with E-state index < -0.39 is 0 Å². The zero-order valence-corrected chi connectivity index (χ0v) is 10.9. The van der Waals surface area contributed by atoms with E-state index in [0.29, 0.717) is 17.8 Å². The molecule has 94 valence electrons. The zero-order valence-electron chi connectivity index (χ0n) is 10.9. The first-order valence-corrected chi connectivity index (χ1v) is 6.78. The van der Waals surface area contributed by atoms with Crippen molar-refractivity contribution in [2.45, 2.75) is 58.0 Å². The highest BCUT2D eigenvalue weighted by Crippen LogP contribution is 2.32. The van der Waals surface area contributed by atoms with Crippen LogP contribution in [-0.2, 0) is 6.42 Å². The first kappa shape index (κ1) is 12.4. The Balaban J connectivity index is 2.13. The molecule has 1 aromatic rings. The Morgan fingerprint density at radius 2 is 2.29 bits per heavy atom. The number of fused-ring (bicyclic) bond motifs is 1. The van der Waals surface area contributed by atoms with Crippen LogP contribution in [0.4, 0.5) is 0 Å². The molecule has 2 N–H and O–H groups in total. The topological polar surface area (TPSA) is 32.3 Å². The van der Waals surface area contributed by atoms with Crippen LogP contribution in [0.2, 0.25) is 0 Å². The van der Waals surface area contributed by atoms with Crippen molar-refractivity contribution in [2.24, 2.45) is 0 Å². The lowest BCUT2D eigenvalue weighted by atomic mass is 9.87. The fourth-order valence-corrected chi connectivity index (χ4v) is 2.82. The summed E-state index contributed by atoms with van der Waals surface area (Å²) < 4.78 is 0. The second-order valence-corrected chi connectivity index (χ2v) is 5.18. The van der Waals surface area contributed by atoms with Crippen LogP contribution in [0.15, 0.2) is 18.2 Å². The zero-order chi connectivity index (χ0) is 12.3. The summed E-state index contributed by atoms with van der Waals surface area (Å²) in [6, 6.07) is 6.79. The highest BCUT2D eigenvalue weighted by Gasteiger charge is 2.21. The van der Waals surface area contributed by atoms with Crippen LogP contribution < -0.4 is 5.32 Å². The van der Waals surface area contributed by atoms with Gasteiger partial charge in [-0.05, 0) is 55.9 Å². The monoisotopic (exact) mass is 233 g/mol. The van der Waals surface area contributed by atoms with Gasteiger partial charge in [0.25, 0.3) is 0 Å². The van der Waals surface area contributed by atoms with Crippen molar-refractivity contribution in [1.82, 2.24) is 5.32 Å². The molecule has 0 amide bonds. The summed E-state index contributed by atoms with van der Waals surface area (Å²) in [5.74, 6) is 0.389. The minimum Gasteiger partial charge on any atom is -0.508 e. The van der Waals surface area contributed by atoms with Gasteiger partial charge >= 0.3 is 0 Å². The lowest BCUT2D eigenvalue weighted by molar-refractivity contribution is 0.390. The van der Waals surface area contributed by atoms with E-state index >= 15 is 0 Å². The van der Waals surface area contributed by atoms with Gasteiger partial charge in [0, 0.05) is 12.1 Å². The largest absolute Gasteiger partial charge is 0.508 e. The summed E-state index contributed by atoms with van der Waals surface area (Å²) in [4.78, 5) is 0. The van der Waals surface area contributed by atoms with Crippen LogP contribution in [0.3, 0.4) is 0 Å². The summed E-state index contributed by atoms with van der Waals surface area (Å²) in [5.41, 5.74) is 2.70. The molecule has 0 spiro atoms. The van der Waals surface area contributed by atoms with Crippen LogP contribution in [0, 0.1) is 0 Å². The van der Waals surface area contributed by atoms with Gasteiger partial charge in [0.15, 0.2) is 0 Å². The molecule has 0 radical (unpaired) electrons. The molecule has 17 heavy (non-hydrogen) atoms. The molecule has 2 unspecified atom stereocenters. The van der Waals surface area contributed by atoms with E-state index in [4.69, 9.17) is 0 Å². The van der Waals surface area contributed by atoms with Gasteiger partial charge in [-0.1, -0.05) is 19.4 Å². The van der Waals surface area contributed by atoms with Crippen molar-refractivity contribution < 1.29 is 5.11 Å². The average Bonchev–Trinajstić information content (AvgIpc) is 2.30. The van der Waals surface area contributed by atoms with E-state index in [-0.39, 0.29) is 0 Å². The van der Waals surface area contributed by atoms with Gasteiger partial charge in [-0.25, -0.2) is 0 Å². The van der Waals surface area contributed by atoms with Crippen molar-refractivity contribution in [3.8, 4) is 5.75 Å². The molecule has 2 atom stereocenters. The third kappa shape index (κ3) is 3.01. The smallest absolute Gasteiger partial charge is 0.115 e. The van der Waals surface area contributed by atoms with Gasteiger partial charge in [0.05, 0.1) is 0 Å². The Labute approximate surface area is 104 Å². The highest BCUT2D eigenvalue weighted by molar-refractivity contribution is 5.38. The molecule has 0 bridgehead atoms.